The molecule has 0 spiro atoms. The van der Waals surface area contributed by atoms with Crippen molar-refractivity contribution in [1.29, 1.82) is 0 Å². The number of nitrogens with zero attached hydrogens (tertiary/aromatic N) is 4. The largest absolute Gasteiger partial charge is 0.353 e. The molecular formula is C14H20N4O3. The Labute approximate surface area is 123 Å². The van der Waals surface area contributed by atoms with Gasteiger partial charge >= 0.3 is 0 Å². The van der Waals surface area contributed by atoms with Gasteiger partial charge in [-0.2, -0.15) is 0 Å². The summed E-state index contributed by atoms with van der Waals surface area (Å²) in [5.74, 6) is 0.863. The van der Waals surface area contributed by atoms with Crippen molar-refractivity contribution < 1.29 is 9.72 Å². The Morgan fingerprint density at radius 2 is 1.86 bits per heavy atom. The van der Waals surface area contributed by atoms with Gasteiger partial charge in [0.25, 0.3) is 5.69 Å². The maximum Gasteiger partial charge on any atom is 0.287 e. The molecule has 1 amide bonds. The molecule has 0 atom stereocenters. The molecule has 7 heteroatoms. The van der Waals surface area contributed by atoms with Crippen molar-refractivity contribution in [3.8, 4) is 0 Å². The van der Waals surface area contributed by atoms with Crippen LogP contribution in [0.4, 0.5) is 11.5 Å². The molecule has 1 aliphatic heterocycles. The van der Waals surface area contributed by atoms with Crippen LogP contribution in [-0.4, -0.2) is 46.9 Å². The lowest BCUT2D eigenvalue weighted by Gasteiger charge is -2.38. The van der Waals surface area contributed by atoms with Crippen molar-refractivity contribution in [2.45, 2.75) is 20.8 Å². The summed E-state index contributed by atoms with van der Waals surface area (Å²) in [6.45, 7) is 8.42. The molecule has 114 valence electrons. The number of hydrogen-bond donors (Lipinski definition) is 0. The van der Waals surface area contributed by atoms with Crippen LogP contribution < -0.4 is 4.90 Å². The maximum absolute atomic E-state index is 12.2. The highest BCUT2D eigenvalue weighted by molar-refractivity contribution is 5.81. The highest BCUT2D eigenvalue weighted by Gasteiger charge is 2.29. The van der Waals surface area contributed by atoms with Crippen molar-refractivity contribution in [3.05, 3.63) is 28.4 Å². The van der Waals surface area contributed by atoms with Gasteiger partial charge in [0.05, 0.1) is 4.92 Å². The highest BCUT2D eigenvalue weighted by atomic mass is 16.6. The van der Waals surface area contributed by atoms with Crippen LogP contribution in [0.3, 0.4) is 0 Å². The molecule has 1 saturated heterocycles. The van der Waals surface area contributed by atoms with Crippen LogP contribution >= 0.6 is 0 Å². The van der Waals surface area contributed by atoms with E-state index in [4.69, 9.17) is 0 Å². The summed E-state index contributed by atoms with van der Waals surface area (Å²) in [5, 5.41) is 10.6. The van der Waals surface area contributed by atoms with Crippen molar-refractivity contribution in [2.24, 2.45) is 5.41 Å². The molecule has 0 radical (unpaired) electrons. The van der Waals surface area contributed by atoms with Crippen molar-refractivity contribution in [3.63, 3.8) is 0 Å². The van der Waals surface area contributed by atoms with Gasteiger partial charge in [-0.15, -0.1) is 0 Å². The molecule has 21 heavy (non-hydrogen) atoms. The zero-order valence-corrected chi connectivity index (χ0v) is 12.6. The lowest BCUT2D eigenvalue weighted by Crippen LogP contribution is -2.51. The summed E-state index contributed by atoms with van der Waals surface area (Å²) < 4.78 is 0. The van der Waals surface area contributed by atoms with E-state index in [-0.39, 0.29) is 17.0 Å². The minimum atomic E-state index is -0.462. The third-order valence-corrected chi connectivity index (χ3v) is 3.48. The van der Waals surface area contributed by atoms with E-state index in [2.05, 4.69) is 4.98 Å². The molecule has 2 heterocycles. The number of amides is 1. The van der Waals surface area contributed by atoms with Crippen molar-refractivity contribution in [2.75, 3.05) is 31.1 Å². The fourth-order valence-electron chi connectivity index (χ4n) is 2.29. The van der Waals surface area contributed by atoms with Crippen LogP contribution in [0.15, 0.2) is 18.3 Å². The van der Waals surface area contributed by atoms with Gasteiger partial charge in [-0.05, 0) is 6.07 Å². The van der Waals surface area contributed by atoms with Gasteiger partial charge in [0.15, 0.2) is 0 Å². The van der Waals surface area contributed by atoms with Crippen molar-refractivity contribution >= 4 is 17.4 Å². The monoisotopic (exact) mass is 292 g/mol. The Morgan fingerprint density at radius 3 is 2.29 bits per heavy atom. The van der Waals surface area contributed by atoms with Crippen LogP contribution in [0.25, 0.3) is 0 Å². The molecule has 1 aromatic rings. The van der Waals surface area contributed by atoms with Crippen LogP contribution in [0.2, 0.25) is 0 Å². The van der Waals surface area contributed by atoms with E-state index in [1.807, 2.05) is 30.6 Å². The van der Waals surface area contributed by atoms with E-state index in [0.29, 0.717) is 32.0 Å². The number of aromatic nitrogens is 1. The standard InChI is InChI=1S/C14H20N4O3/c1-14(2,3)13(19)17-8-6-16(7-9-17)12-5-4-11(10-15-12)18(20)21/h4-5,10H,6-9H2,1-3H3. The molecule has 0 aromatic carbocycles. The van der Waals surface area contributed by atoms with Gasteiger partial charge in [-0.3, -0.25) is 14.9 Å². The number of carbonyl (C=O) groups is 1. The predicted molar refractivity (Wildman–Crippen MR) is 79.1 cm³/mol. The van der Waals surface area contributed by atoms with Crippen LogP contribution in [0.5, 0.6) is 0 Å². The maximum atomic E-state index is 12.2. The SMILES string of the molecule is CC(C)(C)C(=O)N1CCN(c2ccc([N+](=O)[O-])cn2)CC1. The molecule has 7 nitrogen and oxygen atoms in total. The van der Waals surface area contributed by atoms with Crippen LogP contribution in [0.1, 0.15) is 20.8 Å². The van der Waals surface area contributed by atoms with Gasteiger partial charge in [-0.25, -0.2) is 4.98 Å². The Hall–Kier alpha value is -2.18. The smallest absolute Gasteiger partial charge is 0.287 e. The summed E-state index contributed by atoms with van der Waals surface area (Å²) in [4.78, 5) is 30.4. The Balaban J connectivity index is 1.98. The van der Waals surface area contributed by atoms with Crippen LogP contribution in [0, 0.1) is 15.5 Å². The van der Waals surface area contributed by atoms with E-state index < -0.39 is 4.92 Å². The summed E-state index contributed by atoms with van der Waals surface area (Å²) in [5.41, 5.74) is -0.381. The molecular weight excluding hydrogens is 272 g/mol. The number of pyridine rings is 1. The first-order valence-electron chi connectivity index (χ1n) is 6.94. The number of nitro groups is 1. The number of anilines is 1. The molecule has 0 N–H and O–H groups in total. The zero-order valence-electron chi connectivity index (χ0n) is 12.6. The van der Waals surface area contributed by atoms with Crippen molar-refractivity contribution in [1.82, 2.24) is 9.88 Å². The third kappa shape index (κ3) is 3.48. The Morgan fingerprint density at radius 1 is 1.24 bits per heavy atom. The summed E-state index contributed by atoms with van der Waals surface area (Å²) >= 11 is 0. The van der Waals surface area contributed by atoms with Gasteiger partial charge in [-0.1, -0.05) is 20.8 Å². The predicted octanol–water partition coefficient (Wildman–Crippen LogP) is 1.68. The quantitative estimate of drug-likeness (QED) is 0.612. The molecule has 0 saturated carbocycles. The second kappa shape index (κ2) is 5.67. The van der Waals surface area contributed by atoms with E-state index >= 15 is 0 Å². The minimum absolute atomic E-state index is 0.0136. The first-order valence-corrected chi connectivity index (χ1v) is 6.94. The topological polar surface area (TPSA) is 79.6 Å². The molecule has 1 aromatic heterocycles. The first kappa shape index (κ1) is 15.2. The Bertz CT molecular complexity index is 528. The normalized spacial score (nSPS) is 16.0. The van der Waals surface area contributed by atoms with Gasteiger partial charge in [0.1, 0.15) is 12.0 Å². The van der Waals surface area contributed by atoms with Gasteiger partial charge in [0, 0.05) is 37.7 Å². The molecule has 1 aliphatic rings. The third-order valence-electron chi connectivity index (χ3n) is 3.48. The minimum Gasteiger partial charge on any atom is -0.353 e. The average Bonchev–Trinajstić information content (AvgIpc) is 2.46. The lowest BCUT2D eigenvalue weighted by molar-refractivity contribution is -0.385. The number of piperazine rings is 1. The number of carbonyl (C=O) groups excluding carboxylic acids is 1. The highest BCUT2D eigenvalue weighted by Crippen LogP contribution is 2.21. The fraction of sp³-hybridized carbons (Fsp3) is 0.571. The summed E-state index contributed by atoms with van der Waals surface area (Å²) in [6, 6.07) is 3.11. The van der Waals surface area contributed by atoms with E-state index in [9.17, 15) is 14.9 Å². The molecule has 0 bridgehead atoms. The molecule has 0 aliphatic carbocycles. The lowest BCUT2D eigenvalue weighted by atomic mass is 9.94. The zero-order chi connectivity index (χ0) is 15.6. The van der Waals surface area contributed by atoms with E-state index in [1.54, 1.807) is 6.07 Å². The number of rotatable bonds is 2. The fourth-order valence-corrected chi connectivity index (χ4v) is 2.29. The molecule has 0 unspecified atom stereocenters. The number of hydrogen-bond acceptors (Lipinski definition) is 5. The summed E-state index contributed by atoms with van der Waals surface area (Å²) in [6.07, 6.45) is 1.27. The van der Waals surface area contributed by atoms with E-state index in [0.717, 1.165) is 0 Å². The Kier molecular flexibility index (Phi) is 4.11. The second-order valence-corrected chi connectivity index (χ2v) is 6.16. The van der Waals surface area contributed by atoms with Gasteiger partial charge < -0.3 is 9.80 Å². The van der Waals surface area contributed by atoms with E-state index in [1.165, 1.54) is 12.3 Å². The average molecular weight is 292 g/mol. The van der Waals surface area contributed by atoms with Gasteiger partial charge in [0.2, 0.25) is 5.91 Å². The first-order chi connectivity index (χ1) is 9.79. The van der Waals surface area contributed by atoms with Crippen LogP contribution in [-0.2, 0) is 4.79 Å². The molecule has 2 rings (SSSR count). The molecule has 1 fully saturated rings. The summed E-state index contributed by atoms with van der Waals surface area (Å²) in [7, 11) is 0. The second-order valence-electron chi connectivity index (χ2n) is 6.16.